The molecule has 0 radical (unpaired) electrons. The fraction of sp³-hybridized carbons (Fsp3) is 1.00. The molecule has 2 unspecified atom stereocenters. The van der Waals surface area contributed by atoms with Crippen LogP contribution in [0.4, 0.5) is 0 Å². The molecule has 1 heterocycles. The topological polar surface area (TPSA) is 55.4 Å². The zero-order valence-electron chi connectivity index (χ0n) is 9.62. The minimum Gasteiger partial charge on any atom is -0.377 e. The standard InChI is InChI=1S/C10H20ClNO3S/c1-2-9(5-6-11)12-16(13,14)8-10-4-3-7-15-10/h9-10,12H,2-8H2,1H3. The Labute approximate surface area is 103 Å². The number of rotatable bonds is 7. The normalized spacial score (nSPS) is 23.5. The average molecular weight is 270 g/mol. The van der Waals surface area contributed by atoms with Gasteiger partial charge in [-0.1, -0.05) is 6.92 Å². The van der Waals surface area contributed by atoms with Gasteiger partial charge in [0, 0.05) is 18.5 Å². The number of hydrogen-bond donors (Lipinski definition) is 1. The van der Waals surface area contributed by atoms with E-state index in [9.17, 15) is 8.42 Å². The molecule has 1 aliphatic heterocycles. The summed E-state index contributed by atoms with van der Waals surface area (Å²) in [6.45, 7) is 2.63. The van der Waals surface area contributed by atoms with Crippen LogP contribution >= 0.6 is 11.6 Å². The SMILES string of the molecule is CCC(CCCl)NS(=O)(=O)CC1CCCO1. The fourth-order valence-electron chi connectivity index (χ4n) is 1.80. The maximum Gasteiger partial charge on any atom is 0.214 e. The Balaban J connectivity index is 2.42. The molecule has 0 amide bonds. The Bertz CT molecular complexity index is 288. The molecular formula is C10H20ClNO3S. The molecule has 1 fully saturated rings. The molecule has 0 aliphatic carbocycles. The van der Waals surface area contributed by atoms with Crippen LogP contribution in [-0.2, 0) is 14.8 Å². The molecule has 1 N–H and O–H groups in total. The van der Waals surface area contributed by atoms with Crippen LogP contribution in [0.2, 0.25) is 0 Å². The molecule has 1 aliphatic rings. The maximum absolute atomic E-state index is 11.8. The quantitative estimate of drug-likeness (QED) is 0.713. The van der Waals surface area contributed by atoms with E-state index in [-0.39, 0.29) is 17.9 Å². The third kappa shape index (κ3) is 4.99. The van der Waals surface area contributed by atoms with E-state index in [1.807, 2.05) is 6.92 Å². The monoisotopic (exact) mass is 269 g/mol. The van der Waals surface area contributed by atoms with Crippen LogP contribution in [0.25, 0.3) is 0 Å². The molecule has 1 saturated heterocycles. The van der Waals surface area contributed by atoms with Gasteiger partial charge >= 0.3 is 0 Å². The number of alkyl halides is 1. The first kappa shape index (κ1) is 14.2. The van der Waals surface area contributed by atoms with Gasteiger partial charge in [-0.25, -0.2) is 13.1 Å². The molecule has 0 bridgehead atoms. The summed E-state index contributed by atoms with van der Waals surface area (Å²) < 4.78 is 31.6. The van der Waals surface area contributed by atoms with Crippen LogP contribution in [0, 0.1) is 0 Å². The molecule has 0 spiro atoms. The van der Waals surface area contributed by atoms with Gasteiger partial charge in [0.2, 0.25) is 10.0 Å². The van der Waals surface area contributed by atoms with Crippen molar-refractivity contribution < 1.29 is 13.2 Å². The molecule has 6 heteroatoms. The van der Waals surface area contributed by atoms with Crippen molar-refractivity contribution in [2.75, 3.05) is 18.2 Å². The van der Waals surface area contributed by atoms with Crippen molar-refractivity contribution in [3.05, 3.63) is 0 Å². The largest absolute Gasteiger partial charge is 0.377 e. The average Bonchev–Trinajstić information content (AvgIpc) is 2.68. The van der Waals surface area contributed by atoms with Crippen molar-refractivity contribution in [1.82, 2.24) is 4.72 Å². The summed E-state index contributed by atoms with van der Waals surface area (Å²) in [6.07, 6.45) is 3.10. The second kappa shape index (κ2) is 6.79. The highest BCUT2D eigenvalue weighted by molar-refractivity contribution is 7.89. The van der Waals surface area contributed by atoms with Crippen molar-refractivity contribution in [2.24, 2.45) is 0 Å². The van der Waals surface area contributed by atoms with Gasteiger partial charge in [-0.2, -0.15) is 0 Å². The van der Waals surface area contributed by atoms with Gasteiger partial charge in [-0.3, -0.25) is 0 Å². The third-order valence-corrected chi connectivity index (χ3v) is 4.45. The van der Waals surface area contributed by atoms with Gasteiger partial charge < -0.3 is 4.74 Å². The van der Waals surface area contributed by atoms with E-state index in [2.05, 4.69) is 4.72 Å². The molecule has 0 aromatic rings. The van der Waals surface area contributed by atoms with Crippen molar-refractivity contribution in [3.63, 3.8) is 0 Å². The molecule has 0 aromatic carbocycles. The van der Waals surface area contributed by atoms with Crippen LogP contribution in [0.1, 0.15) is 32.6 Å². The minimum atomic E-state index is -3.23. The van der Waals surface area contributed by atoms with E-state index in [0.29, 0.717) is 18.9 Å². The number of halogens is 1. The number of hydrogen-bond acceptors (Lipinski definition) is 3. The fourth-order valence-corrected chi connectivity index (χ4v) is 3.71. The zero-order valence-corrected chi connectivity index (χ0v) is 11.2. The van der Waals surface area contributed by atoms with Gasteiger partial charge in [-0.15, -0.1) is 11.6 Å². The van der Waals surface area contributed by atoms with E-state index in [4.69, 9.17) is 16.3 Å². The molecule has 0 saturated carbocycles. The molecule has 96 valence electrons. The number of sulfonamides is 1. The molecular weight excluding hydrogens is 250 g/mol. The molecule has 16 heavy (non-hydrogen) atoms. The second-order valence-electron chi connectivity index (χ2n) is 4.12. The Kier molecular flexibility index (Phi) is 6.03. The predicted octanol–water partition coefficient (Wildman–Crippen LogP) is 1.49. The van der Waals surface area contributed by atoms with E-state index < -0.39 is 10.0 Å². The molecule has 2 atom stereocenters. The summed E-state index contributed by atoms with van der Waals surface area (Å²) in [5.41, 5.74) is 0. The van der Waals surface area contributed by atoms with Crippen LogP contribution < -0.4 is 4.72 Å². The van der Waals surface area contributed by atoms with Gasteiger partial charge in [0.25, 0.3) is 0 Å². The first-order valence-corrected chi connectivity index (χ1v) is 7.93. The highest BCUT2D eigenvalue weighted by atomic mass is 35.5. The van der Waals surface area contributed by atoms with Crippen molar-refractivity contribution in [2.45, 2.75) is 44.8 Å². The first-order chi connectivity index (χ1) is 7.57. The van der Waals surface area contributed by atoms with Crippen LogP contribution in [0.15, 0.2) is 0 Å². The molecule has 0 aromatic heterocycles. The van der Waals surface area contributed by atoms with Gasteiger partial charge in [0.15, 0.2) is 0 Å². The maximum atomic E-state index is 11.8. The summed E-state index contributed by atoms with van der Waals surface area (Å²) in [5, 5.41) is 0. The lowest BCUT2D eigenvalue weighted by molar-refractivity contribution is 0.127. The summed E-state index contributed by atoms with van der Waals surface area (Å²) in [6, 6.07) is -0.0519. The zero-order chi connectivity index (χ0) is 12.0. The van der Waals surface area contributed by atoms with Crippen molar-refractivity contribution in [1.29, 1.82) is 0 Å². The Morgan fingerprint density at radius 2 is 2.31 bits per heavy atom. The van der Waals surface area contributed by atoms with E-state index in [1.54, 1.807) is 0 Å². The van der Waals surface area contributed by atoms with Crippen LogP contribution in [-0.4, -0.2) is 38.8 Å². The lowest BCUT2D eigenvalue weighted by Gasteiger charge is -2.17. The summed E-state index contributed by atoms with van der Waals surface area (Å²) in [4.78, 5) is 0. The highest BCUT2D eigenvalue weighted by Gasteiger charge is 2.24. The Hall–Kier alpha value is 0.160. The third-order valence-electron chi connectivity index (χ3n) is 2.73. The first-order valence-electron chi connectivity index (χ1n) is 5.75. The van der Waals surface area contributed by atoms with E-state index in [0.717, 1.165) is 19.3 Å². The smallest absolute Gasteiger partial charge is 0.214 e. The van der Waals surface area contributed by atoms with E-state index in [1.165, 1.54) is 0 Å². The lowest BCUT2D eigenvalue weighted by atomic mass is 10.2. The highest BCUT2D eigenvalue weighted by Crippen LogP contribution is 2.14. The molecule has 1 rings (SSSR count). The molecule has 4 nitrogen and oxygen atoms in total. The van der Waals surface area contributed by atoms with Crippen LogP contribution in [0.3, 0.4) is 0 Å². The lowest BCUT2D eigenvalue weighted by Crippen LogP contribution is -2.39. The van der Waals surface area contributed by atoms with Gasteiger partial charge in [-0.05, 0) is 25.7 Å². The number of ether oxygens (including phenoxy) is 1. The van der Waals surface area contributed by atoms with Gasteiger partial charge in [0.1, 0.15) is 0 Å². The number of nitrogens with one attached hydrogen (secondary N) is 1. The van der Waals surface area contributed by atoms with E-state index >= 15 is 0 Å². The van der Waals surface area contributed by atoms with Crippen LogP contribution in [0.5, 0.6) is 0 Å². The van der Waals surface area contributed by atoms with Crippen molar-refractivity contribution in [3.8, 4) is 0 Å². The summed E-state index contributed by atoms with van der Waals surface area (Å²) in [7, 11) is -3.23. The Morgan fingerprint density at radius 1 is 1.56 bits per heavy atom. The Morgan fingerprint density at radius 3 is 2.81 bits per heavy atom. The van der Waals surface area contributed by atoms with Gasteiger partial charge in [0.05, 0.1) is 11.9 Å². The second-order valence-corrected chi connectivity index (χ2v) is 6.29. The van der Waals surface area contributed by atoms with Crippen molar-refractivity contribution >= 4 is 21.6 Å². The predicted molar refractivity (Wildman–Crippen MR) is 65.3 cm³/mol. The minimum absolute atomic E-state index is 0.0519. The summed E-state index contributed by atoms with van der Waals surface area (Å²) in [5.74, 6) is 0.548. The summed E-state index contributed by atoms with van der Waals surface area (Å²) >= 11 is 5.61.